The van der Waals surface area contributed by atoms with Gasteiger partial charge in [-0.2, -0.15) is 0 Å². The minimum Gasteiger partial charge on any atom is -0.375 e. The maximum absolute atomic E-state index is 12.9. The van der Waals surface area contributed by atoms with Gasteiger partial charge in [0.2, 0.25) is 0 Å². The van der Waals surface area contributed by atoms with E-state index in [4.69, 9.17) is 4.74 Å². The molecule has 5 heteroatoms. The van der Waals surface area contributed by atoms with Crippen LogP contribution in [0.25, 0.3) is 0 Å². The highest BCUT2D eigenvalue weighted by atomic mass is 16.5. The molecule has 4 rings (SSSR count). The summed E-state index contributed by atoms with van der Waals surface area (Å²) in [4.78, 5) is 23.4. The second-order valence-corrected chi connectivity index (χ2v) is 5.71. The van der Waals surface area contributed by atoms with Crippen LogP contribution in [0.15, 0.2) is 36.5 Å². The van der Waals surface area contributed by atoms with Crippen molar-refractivity contribution in [3.05, 3.63) is 53.6 Å². The van der Waals surface area contributed by atoms with Crippen LogP contribution in [-0.4, -0.2) is 29.0 Å². The summed E-state index contributed by atoms with van der Waals surface area (Å²) < 4.78 is 5.58. The summed E-state index contributed by atoms with van der Waals surface area (Å²) in [5, 5.41) is 0. The zero-order valence-electron chi connectivity index (χ0n) is 12.2. The van der Waals surface area contributed by atoms with Gasteiger partial charge in [-0.05, 0) is 25.0 Å². The van der Waals surface area contributed by atoms with Crippen molar-refractivity contribution in [2.24, 2.45) is 0 Å². The zero-order valence-corrected chi connectivity index (χ0v) is 12.2. The molecule has 0 bridgehead atoms. The predicted octanol–water partition coefficient (Wildman–Crippen LogP) is 2.53. The van der Waals surface area contributed by atoms with Crippen molar-refractivity contribution in [1.29, 1.82) is 0 Å². The number of carbonyl (C=O) groups is 1. The Labute approximate surface area is 129 Å². The van der Waals surface area contributed by atoms with Gasteiger partial charge in [-0.3, -0.25) is 4.79 Å². The lowest BCUT2D eigenvalue weighted by Gasteiger charge is -2.21. The summed E-state index contributed by atoms with van der Waals surface area (Å²) in [5.74, 6) is 1.15. The maximum Gasteiger partial charge on any atom is 0.277 e. The average Bonchev–Trinajstić information content (AvgIpc) is 3.41. The Morgan fingerprint density at radius 3 is 2.95 bits per heavy atom. The van der Waals surface area contributed by atoms with Crippen LogP contribution >= 0.6 is 0 Å². The molecule has 1 saturated carbocycles. The fourth-order valence-electron chi connectivity index (χ4n) is 2.73. The Balaban J connectivity index is 1.68. The molecule has 22 heavy (non-hydrogen) atoms. The number of carbonyl (C=O) groups excluding carboxylic acids is 1. The van der Waals surface area contributed by atoms with Crippen molar-refractivity contribution in [1.82, 2.24) is 9.97 Å². The molecule has 0 saturated heterocycles. The number of hydrogen-bond donors (Lipinski definition) is 0. The topological polar surface area (TPSA) is 55.3 Å². The third-order valence-electron chi connectivity index (χ3n) is 4.08. The van der Waals surface area contributed by atoms with E-state index >= 15 is 0 Å². The Morgan fingerprint density at radius 1 is 1.23 bits per heavy atom. The van der Waals surface area contributed by atoms with Gasteiger partial charge in [0, 0.05) is 29.9 Å². The number of hydrogen-bond acceptors (Lipinski definition) is 4. The molecule has 5 nitrogen and oxygen atoms in total. The summed E-state index contributed by atoms with van der Waals surface area (Å²) in [6.45, 7) is 1.61. The SMILES string of the molecule is O=C(c1ccnc(C2CC2)n1)N1CCOCc2ccccc21. The molecule has 0 N–H and O–H groups in total. The van der Waals surface area contributed by atoms with E-state index in [0.29, 0.717) is 31.4 Å². The zero-order chi connectivity index (χ0) is 14.9. The molecule has 0 atom stereocenters. The smallest absolute Gasteiger partial charge is 0.277 e. The van der Waals surface area contributed by atoms with E-state index in [9.17, 15) is 4.79 Å². The summed E-state index contributed by atoms with van der Waals surface area (Å²) in [6.07, 6.45) is 3.93. The highest BCUT2D eigenvalue weighted by molar-refractivity contribution is 6.05. The Morgan fingerprint density at radius 2 is 2.09 bits per heavy atom. The van der Waals surface area contributed by atoms with Crippen molar-refractivity contribution in [2.75, 3.05) is 18.1 Å². The lowest BCUT2D eigenvalue weighted by atomic mass is 10.1. The number of fused-ring (bicyclic) bond motifs is 1. The maximum atomic E-state index is 12.9. The molecule has 2 aromatic rings. The van der Waals surface area contributed by atoms with Crippen LogP contribution in [0.4, 0.5) is 5.69 Å². The van der Waals surface area contributed by atoms with Gasteiger partial charge in [-0.15, -0.1) is 0 Å². The Kier molecular flexibility index (Phi) is 3.35. The van der Waals surface area contributed by atoms with Crippen LogP contribution in [0, 0.1) is 0 Å². The van der Waals surface area contributed by atoms with Gasteiger partial charge < -0.3 is 9.64 Å². The largest absolute Gasteiger partial charge is 0.375 e. The fraction of sp³-hybridized carbons (Fsp3) is 0.353. The first-order valence-corrected chi connectivity index (χ1v) is 7.63. The van der Waals surface area contributed by atoms with Crippen LogP contribution in [0.2, 0.25) is 0 Å². The van der Waals surface area contributed by atoms with Gasteiger partial charge in [0.15, 0.2) is 0 Å². The van der Waals surface area contributed by atoms with Crippen molar-refractivity contribution < 1.29 is 9.53 Å². The van der Waals surface area contributed by atoms with Gasteiger partial charge in [-0.25, -0.2) is 9.97 Å². The minimum atomic E-state index is -0.0812. The molecular formula is C17H17N3O2. The molecule has 1 fully saturated rings. The standard InChI is InChI=1S/C17H17N3O2/c21-17(14-7-8-18-16(19-14)12-5-6-12)20-9-10-22-11-13-3-1-2-4-15(13)20/h1-4,7-8,12H,5-6,9-11H2. The first-order valence-electron chi connectivity index (χ1n) is 7.63. The molecular weight excluding hydrogens is 278 g/mol. The van der Waals surface area contributed by atoms with E-state index in [0.717, 1.165) is 29.9 Å². The summed E-state index contributed by atoms with van der Waals surface area (Å²) in [5.41, 5.74) is 2.41. The van der Waals surface area contributed by atoms with Crippen molar-refractivity contribution >= 4 is 11.6 Å². The molecule has 1 aromatic heterocycles. The van der Waals surface area contributed by atoms with Crippen LogP contribution in [0.3, 0.4) is 0 Å². The molecule has 0 unspecified atom stereocenters. The number of aromatic nitrogens is 2. The van der Waals surface area contributed by atoms with Gasteiger partial charge in [0.05, 0.1) is 13.2 Å². The predicted molar refractivity (Wildman–Crippen MR) is 81.8 cm³/mol. The number of rotatable bonds is 2. The molecule has 2 heterocycles. The number of para-hydroxylation sites is 1. The minimum absolute atomic E-state index is 0.0812. The van der Waals surface area contributed by atoms with E-state index in [2.05, 4.69) is 9.97 Å². The lowest BCUT2D eigenvalue weighted by molar-refractivity contribution is 0.0961. The van der Waals surface area contributed by atoms with Gasteiger partial charge in [0.25, 0.3) is 5.91 Å². The van der Waals surface area contributed by atoms with Crippen LogP contribution in [0.5, 0.6) is 0 Å². The van der Waals surface area contributed by atoms with Crippen LogP contribution < -0.4 is 4.90 Å². The highest BCUT2D eigenvalue weighted by Crippen LogP contribution is 2.37. The Hall–Kier alpha value is -2.27. The quantitative estimate of drug-likeness (QED) is 0.854. The number of nitrogens with zero attached hydrogens (tertiary/aromatic N) is 3. The molecule has 0 spiro atoms. The molecule has 112 valence electrons. The fourth-order valence-corrected chi connectivity index (χ4v) is 2.73. The Bertz CT molecular complexity index is 713. The third-order valence-corrected chi connectivity index (χ3v) is 4.08. The van der Waals surface area contributed by atoms with Gasteiger partial charge >= 0.3 is 0 Å². The van der Waals surface area contributed by atoms with E-state index in [1.807, 2.05) is 24.3 Å². The first kappa shape index (κ1) is 13.4. The van der Waals surface area contributed by atoms with Gasteiger partial charge in [-0.1, -0.05) is 18.2 Å². The van der Waals surface area contributed by atoms with Crippen LogP contribution in [-0.2, 0) is 11.3 Å². The van der Waals surface area contributed by atoms with Crippen molar-refractivity contribution in [3.63, 3.8) is 0 Å². The highest BCUT2D eigenvalue weighted by Gasteiger charge is 2.28. The monoisotopic (exact) mass is 295 g/mol. The van der Waals surface area contributed by atoms with Crippen molar-refractivity contribution in [2.45, 2.75) is 25.4 Å². The molecule has 2 aliphatic rings. The number of benzene rings is 1. The van der Waals surface area contributed by atoms with Crippen molar-refractivity contribution in [3.8, 4) is 0 Å². The second-order valence-electron chi connectivity index (χ2n) is 5.71. The van der Waals surface area contributed by atoms with Crippen LogP contribution in [0.1, 0.15) is 40.6 Å². The van der Waals surface area contributed by atoms with E-state index in [1.165, 1.54) is 0 Å². The number of amides is 1. The summed E-state index contributed by atoms with van der Waals surface area (Å²) in [6, 6.07) is 9.57. The van der Waals surface area contributed by atoms with E-state index in [-0.39, 0.29) is 5.91 Å². The number of anilines is 1. The van der Waals surface area contributed by atoms with E-state index < -0.39 is 0 Å². The normalized spacial score (nSPS) is 17.7. The molecule has 1 aliphatic heterocycles. The number of ether oxygens (including phenoxy) is 1. The molecule has 1 amide bonds. The summed E-state index contributed by atoms with van der Waals surface area (Å²) in [7, 11) is 0. The average molecular weight is 295 g/mol. The first-order chi connectivity index (χ1) is 10.8. The lowest BCUT2D eigenvalue weighted by Crippen LogP contribution is -2.34. The molecule has 1 aromatic carbocycles. The molecule has 1 aliphatic carbocycles. The second kappa shape index (κ2) is 5.50. The van der Waals surface area contributed by atoms with Gasteiger partial charge in [0.1, 0.15) is 11.5 Å². The summed E-state index contributed by atoms with van der Waals surface area (Å²) >= 11 is 0. The molecule has 0 radical (unpaired) electrons. The third kappa shape index (κ3) is 2.48. The van der Waals surface area contributed by atoms with E-state index in [1.54, 1.807) is 17.2 Å².